The predicted molar refractivity (Wildman–Crippen MR) is 87.4 cm³/mol. The van der Waals surface area contributed by atoms with E-state index in [2.05, 4.69) is 48.3 Å². The van der Waals surface area contributed by atoms with Gasteiger partial charge in [-0.1, -0.05) is 20.8 Å². The smallest absolute Gasteiger partial charge is 0.0580 e. The first-order chi connectivity index (χ1) is 9.74. The molecule has 0 saturated heterocycles. The van der Waals surface area contributed by atoms with Gasteiger partial charge in [-0.05, 0) is 48.6 Å². The number of aryl methyl sites for hydroxylation is 1. The molecule has 2 atom stereocenters. The van der Waals surface area contributed by atoms with E-state index in [1.54, 1.807) is 10.4 Å². The van der Waals surface area contributed by atoms with Crippen LogP contribution in [0.25, 0.3) is 0 Å². The summed E-state index contributed by atoms with van der Waals surface area (Å²) in [5.41, 5.74) is 4.29. The van der Waals surface area contributed by atoms with Gasteiger partial charge in [-0.25, -0.2) is 0 Å². The minimum atomic E-state index is 0.549. The van der Waals surface area contributed by atoms with E-state index in [9.17, 15) is 0 Å². The maximum Gasteiger partial charge on any atom is 0.0580 e. The minimum Gasteiger partial charge on any atom is -0.361 e. The van der Waals surface area contributed by atoms with Gasteiger partial charge in [0.1, 0.15) is 0 Å². The van der Waals surface area contributed by atoms with E-state index >= 15 is 0 Å². The maximum atomic E-state index is 4.63. The van der Waals surface area contributed by atoms with E-state index in [-0.39, 0.29) is 0 Å². The summed E-state index contributed by atoms with van der Waals surface area (Å²) in [7, 11) is 0. The molecule has 1 aromatic rings. The molecule has 2 unspecified atom stereocenters. The lowest BCUT2D eigenvalue weighted by Gasteiger charge is -2.42. The van der Waals surface area contributed by atoms with E-state index in [1.165, 1.54) is 24.3 Å². The molecule has 1 aliphatic carbocycles. The Morgan fingerprint density at radius 1 is 1.35 bits per heavy atom. The van der Waals surface area contributed by atoms with Crippen LogP contribution in [0.4, 0.5) is 0 Å². The number of nitrogens with zero attached hydrogens (tertiary/aromatic N) is 2. The van der Waals surface area contributed by atoms with Crippen LogP contribution in [0.5, 0.6) is 0 Å². The van der Waals surface area contributed by atoms with Gasteiger partial charge >= 0.3 is 0 Å². The Labute approximate surface area is 126 Å². The first-order valence-electron chi connectivity index (χ1n) is 7.82. The molecular formula is C17H24N2S. The fourth-order valence-corrected chi connectivity index (χ4v) is 4.41. The SMILES string of the molecule is CCC1=CN=C(CC)CN1C1c2ccsc2CCC1C. The first-order valence-corrected chi connectivity index (χ1v) is 8.70. The van der Waals surface area contributed by atoms with Gasteiger partial charge in [-0.2, -0.15) is 0 Å². The average Bonchev–Trinajstić information content (AvgIpc) is 2.95. The van der Waals surface area contributed by atoms with Gasteiger partial charge in [0, 0.05) is 22.5 Å². The van der Waals surface area contributed by atoms with Gasteiger partial charge in [-0.15, -0.1) is 11.3 Å². The molecule has 3 heteroatoms. The average molecular weight is 288 g/mol. The molecule has 0 spiro atoms. The van der Waals surface area contributed by atoms with Crippen LogP contribution >= 0.6 is 11.3 Å². The number of hydrogen-bond donors (Lipinski definition) is 0. The number of fused-ring (bicyclic) bond motifs is 1. The number of thiophene rings is 1. The highest BCUT2D eigenvalue weighted by atomic mass is 32.1. The second-order valence-corrected chi connectivity index (χ2v) is 6.91. The first kappa shape index (κ1) is 13.9. The van der Waals surface area contributed by atoms with Crippen LogP contribution in [-0.4, -0.2) is 17.2 Å². The summed E-state index contributed by atoms with van der Waals surface area (Å²) in [6.45, 7) is 7.88. The molecule has 1 aromatic heterocycles. The topological polar surface area (TPSA) is 15.6 Å². The number of aliphatic imine (C=N–C) groups is 1. The van der Waals surface area contributed by atoms with Crippen LogP contribution in [-0.2, 0) is 6.42 Å². The van der Waals surface area contributed by atoms with E-state index < -0.39 is 0 Å². The van der Waals surface area contributed by atoms with Gasteiger partial charge in [0.15, 0.2) is 0 Å². The largest absolute Gasteiger partial charge is 0.361 e. The Kier molecular flexibility index (Phi) is 3.97. The maximum absolute atomic E-state index is 4.63. The Morgan fingerprint density at radius 2 is 2.20 bits per heavy atom. The zero-order valence-corrected chi connectivity index (χ0v) is 13.5. The highest BCUT2D eigenvalue weighted by Gasteiger charge is 2.34. The second kappa shape index (κ2) is 5.72. The molecule has 1 aliphatic heterocycles. The second-order valence-electron chi connectivity index (χ2n) is 5.91. The highest BCUT2D eigenvalue weighted by Crippen LogP contribution is 2.43. The van der Waals surface area contributed by atoms with Crippen molar-refractivity contribution >= 4 is 17.0 Å². The van der Waals surface area contributed by atoms with E-state index in [4.69, 9.17) is 0 Å². The van der Waals surface area contributed by atoms with Gasteiger partial charge in [-0.3, -0.25) is 4.99 Å². The van der Waals surface area contributed by atoms with Crippen molar-refractivity contribution in [1.29, 1.82) is 0 Å². The van der Waals surface area contributed by atoms with Crippen LogP contribution in [0.3, 0.4) is 0 Å². The molecule has 0 radical (unpaired) electrons. The fraction of sp³-hybridized carbons (Fsp3) is 0.588. The molecule has 0 aromatic carbocycles. The lowest BCUT2D eigenvalue weighted by molar-refractivity contribution is 0.191. The molecule has 3 rings (SSSR count). The summed E-state index contributed by atoms with van der Waals surface area (Å²) in [4.78, 5) is 8.86. The van der Waals surface area contributed by atoms with Crippen molar-refractivity contribution in [2.75, 3.05) is 6.54 Å². The van der Waals surface area contributed by atoms with Crippen molar-refractivity contribution in [3.05, 3.63) is 33.8 Å². The summed E-state index contributed by atoms with van der Waals surface area (Å²) < 4.78 is 0. The molecule has 2 aliphatic rings. The monoisotopic (exact) mass is 288 g/mol. The van der Waals surface area contributed by atoms with Crippen LogP contribution in [0.1, 0.15) is 56.5 Å². The zero-order chi connectivity index (χ0) is 14.1. The van der Waals surface area contributed by atoms with Crippen molar-refractivity contribution in [2.24, 2.45) is 10.9 Å². The summed E-state index contributed by atoms with van der Waals surface area (Å²) >= 11 is 1.93. The molecule has 0 fully saturated rings. The molecule has 0 amide bonds. The van der Waals surface area contributed by atoms with E-state index in [0.29, 0.717) is 6.04 Å². The van der Waals surface area contributed by atoms with E-state index in [1.807, 2.05) is 11.3 Å². The predicted octanol–water partition coefficient (Wildman–Crippen LogP) is 4.79. The normalized spacial score (nSPS) is 26.1. The van der Waals surface area contributed by atoms with E-state index in [0.717, 1.165) is 25.3 Å². The van der Waals surface area contributed by atoms with Crippen LogP contribution in [0.2, 0.25) is 0 Å². The summed E-state index contributed by atoms with van der Waals surface area (Å²) in [5.74, 6) is 0.725. The molecule has 2 heterocycles. The molecule has 20 heavy (non-hydrogen) atoms. The molecule has 108 valence electrons. The highest BCUT2D eigenvalue weighted by molar-refractivity contribution is 7.10. The Morgan fingerprint density at radius 3 is 2.95 bits per heavy atom. The zero-order valence-electron chi connectivity index (χ0n) is 12.7. The van der Waals surface area contributed by atoms with Crippen molar-refractivity contribution in [2.45, 2.75) is 52.5 Å². The standard InChI is InChI=1S/C17H24N2S/c1-4-13-11-19(14(5-2)10-18-13)17-12(3)6-7-16-15(17)8-9-20-16/h8-10,12,17H,4-7,11H2,1-3H3. The molecule has 0 saturated carbocycles. The minimum absolute atomic E-state index is 0.549. The lowest BCUT2D eigenvalue weighted by atomic mass is 9.83. The Bertz CT molecular complexity index is 541. The lowest BCUT2D eigenvalue weighted by Crippen LogP contribution is -2.39. The van der Waals surface area contributed by atoms with Crippen molar-refractivity contribution in [3.63, 3.8) is 0 Å². The number of rotatable bonds is 3. The fourth-order valence-electron chi connectivity index (χ4n) is 3.47. The third-order valence-electron chi connectivity index (χ3n) is 4.69. The molecule has 2 nitrogen and oxygen atoms in total. The van der Waals surface area contributed by atoms with Crippen molar-refractivity contribution in [1.82, 2.24) is 4.90 Å². The number of allylic oxidation sites excluding steroid dienone is 1. The van der Waals surface area contributed by atoms with Crippen LogP contribution in [0, 0.1) is 5.92 Å². The van der Waals surface area contributed by atoms with Crippen LogP contribution < -0.4 is 0 Å². The van der Waals surface area contributed by atoms with Crippen molar-refractivity contribution in [3.8, 4) is 0 Å². The summed E-state index contributed by atoms with van der Waals surface area (Å²) in [6, 6.07) is 2.90. The van der Waals surface area contributed by atoms with Crippen LogP contribution in [0.15, 0.2) is 28.3 Å². The molecule has 0 bridgehead atoms. The quantitative estimate of drug-likeness (QED) is 0.781. The third kappa shape index (κ3) is 2.32. The van der Waals surface area contributed by atoms with Crippen molar-refractivity contribution < 1.29 is 0 Å². The third-order valence-corrected chi connectivity index (χ3v) is 5.68. The van der Waals surface area contributed by atoms with Gasteiger partial charge < -0.3 is 4.90 Å². The molecule has 0 N–H and O–H groups in total. The molecular weight excluding hydrogens is 264 g/mol. The Balaban J connectivity index is 1.96. The van der Waals surface area contributed by atoms with Gasteiger partial charge in [0.25, 0.3) is 0 Å². The van der Waals surface area contributed by atoms with Gasteiger partial charge in [0.2, 0.25) is 0 Å². The van der Waals surface area contributed by atoms with Gasteiger partial charge in [0.05, 0.1) is 12.6 Å². The summed E-state index contributed by atoms with van der Waals surface area (Å²) in [5, 5.41) is 2.27. The Hall–Kier alpha value is -1.09. The summed E-state index contributed by atoms with van der Waals surface area (Å²) in [6.07, 6.45) is 6.81. The number of hydrogen-bond acceptors (Lipinski definition) is 3.